The molecule has 1 fully saturated rings. The molecule has 2 rings (SSSR count). The van der Waals surface area contributed by atoms with Gasteiger partial charge in [-0.3, -0.25) is 4.90 Å². The lowest BCUT2D eigenvalue weighted by Crippen LogP contribution is -2.55. The van der Waals surface area contributed by atoms with Gasteiger partial charge in [-0.1, -0.05) is 50.4 Å². The zero-order valence-corrected chi connectivity index (χ0v) is 13.5. The minimum atomic E-state index is 0.653. The lowest BCUT2D eigenvalue weighted by atomic mass is 10.0. The number of nitrogens with one attached hydrogen (secondary N) is 1. The topological polar surface area (TPSA) is 15.3 Å². The normalized spacial score (nSPS) is 23.9. The van der Waals surface area contributed by atoms with Crippen molar-refractivity contribution in [1.82, 2.24) is 10.2 Å². The highest BCUT2D eigenvalue weighted by molar-refractivity contribution is 6.30. The van der Waals surface area contributed by atoms with Gasteiger partial charge in [0.1, 0.15) is 0 Å². The molecular formula is C17H27ClN2. The van der Waals surface area contributed by atoms with Crippen LogP contribution in [-0.4, -0.2) is 30.1 Å². The van der Waals surface area contributed by atoms with E-state index in [0.717, 1.165) is 18.1 Å². The highest BCUT2D eigenvalue weighted by atomic mass is 35.5. The summed E-state index contributed by atoms with van der Waals surface area (Å²) in [5.74, 6) is 0. The van der Waals surface area contributed by atoms with E-state index in [1.807, 2.05) is 12.1 Å². The Morgan fingerprint density at radius 3 is 2.50 bits per heavy atom. The second-order valence-corrected chi connectivity index (χ2v) is 6.33. The molecule has 0 amide bonds. The van der Waals surface area contributed by atoms with Crippen LogP contribution >= 0.6 is 11.6 Å². The Bertz CT molecular complexity index is 390. The summed E-state index contributed by atoms with van der Waals surface area (Å²) in [7, 11) is 0. The molecule has 1 aliphatic rings. The summed E-state index contributed by atoms with van der Waals surface area (Å²) < 4.78 is 0. The molecule has 112 valence electrons. The van der Waals surface area contributed by atoms with E-state index in [2.05, 4.69) is 36.2 Å². The fourth-order valence-electron chi connectivity index (χ4n) is 3.11. The van der Waals surface area contributed by atoms with Crippen molar-refractivity contribution in [2.75, 3.05) is 13.1 Å². The number of benzene rings is 1. The van der Waals surface area contributed by atoms with E-state index in [1.54, 1.807) is 0 Å². The molecule has 2 unspecified atom stereocenters. The first-order chi connectivity index (χ1) is 9.72. The van der Waals surface area contributed by atoms with Gasteiger partial charge in [0.25, 0.3) is 0 Å². The van der Waals surface area contributed by atoms with Gasteiger partial charge in [0, 0.05) is 36.7 Å². The fraction of sp³-hybridized carbons (Fsp3) is 0.647. The summed E-state index contributed by atoms with van der Waals surface area (Å²) in [5.41, 5.74) is 1.37. The van der Waals surface area contributed by atoms with Crippen LogP contribution in [0.15, 0.2) is 24.3 Å². The lowest BCUT2D eigenvalue weighted by molar-refractivity contribution is 0.112. The van der Waals surface area contributed by atoms with Gasteiger partial charge in [0.05, 0.1) is 0 Å². The van der Waals surface area contributed by atoms with Gasteiger partial charge >= 0.3 is 0 Å². The second kappa shape index (κ2) is 8.02. The molecule has 0 aliphatic carbocycles. The van der Waals surface area contributed by atoms with E-state index in [-0.39, 0.29) is 0 Å². The molecule has 1 saturated heterocycles. The predicted octanol–water partition coefficient (Wildman–Crippen LogP) is 4.08. The van der Waals surface area contributed by atoms with E-state index in [0.29, 0.717) is 12.1 Å². The third kappa shape index (κ3) is 4.47. The molecule has 3 heteroatoms. The standard InChI is InChI=1S/C17H27ClN2/c1-3-5-16-13-20(17(6-4-2)11-19-16)12-14-7-9-15(18)10-8-14/h7-10,16-17,19H,3-6,11-13H2,1-2H3. The Hall–Kier alpha value is -0.570. The molecule has 2 atom stereocenters. The molecule has 0 saturated carbocycles. The van der Waals surface area contributed by atoms with Crippen LogP contribution in [0.1, 0.15) is 45.1 Å². The average molecular weight is 295 g/mol. The van der Waals surface area contributed by atoms with Crippen LogP contribution in [0.2, 0.25) is 5.02 Å². The smallest absolute Gasteiger partial charge is 0.0406 e. The molecule has 2 nitrogen and oxygen atoms in total. The number of rotatable bonds is 6. The third-order valence-corrected chi connectivity index (χ3v) is 4.42. The van der Waals surface area contributed by atoms with Gasteiger partial charge in [-0.2, -0.15) is 0 Å². The highest BCUT2D eigenvalue weighted by Gasteiger charge is 2.26. The summed E-state index contributed by atoms with van der Waals surface area (Å²) in [6, 6.07) is 9.63. The van der Waals surface area contributed by atoms with E-state index < -0.39 is 0 Å². The summed E-state index contributed by atoms with van der Waals surface area (Å²) in [5, 5.41) is 4.54. The molecular weight excluding hydrogens is 268 g/mol. The molecule has 1 aliphatic heterocycles. The minimum absolute atomic E-state index is 0.653. The SMILES string of the molecule is CCCC1CN(Cc2ccc(Cl)cc2)C(CCC)CN1. The van der Waals surface area contributed by atoms with Crippen molar-refractivity contribution in [2.24, 2.45) is 0 Å². The van der Waals surface area contributed by atoms with Crippen molar-refractivity contribution in [2.45, 2.75) is 58.2 Å². The Morgan fingerprint density at radius 1 is 1.15 bits per heavy atom. The van der Waals surface area contributed by atoms with Crippen molar-refractivity contribution in [3.8, 4) is 0 Å². The molecule has 20 heavy (non-hydrogen) atoms. The molecule has 0 aromatic heterocycles. The fourth-order valence-corrected chi connectivity index (χ4v) is 3.23. The van der Waals surface area contributed by atoms with Crippen molar-refractivity contribution in [3.63, 3.8) is 0 Å². The van der Waals surface area contributed by atoms with Crippen molar-refractivity contribution >= 4 is 11.6 Å². The Morgan fingerprint density at radius 2 is 1.85 bits per heavy atom. The summed E-state index contributed by atoms with van der Waals surface area (Å²) >= 11 is 5.97. The summed E-state index contributed by atoms with van der Waals surface area (Å²) in [6.07, 6.45) is 5.06. The molecule has 1 aromatic carbocycles. The van der Waals surface area contributed by atoms with E-state index in [1.165, 1.54) is 37.8 Å². The van der Waals surface area contributed by atoms with Gasteiger partial charge < -0.3 is 5.32 Å². The van der Waals surface area contributed by atoms with E-state index in [4.69, 9.17) is 11.6 Å². The first-order valence-corrected chi connectivity index (χ1v) is 8.32. The van der Waals surface area contributed by atoms with Gasteiger partial charge in [-0.25, -0.2) is 0 Å². The van der Waals surface area contributed by atoms with Crippen molar-refractivity contribution < 1.29 is 0 Å². The Balaban J connectivity index is 2.00. The Labute approximate surface area is 128 Å². The maximum atomic E-state index is 5.97. The number of halogens is 1. The quantitative estimate of drug-likeness (QED) is 0.850. The summed E-state index contributed by atoms with van der Waals surface area (Å²) in [4.78, 5) is 2.66. The molecule has 0 spiro atoms. The van der Waals surface area contributed by atoms with Crippen LogP contribution in [0.4, 0.5) is 0 Å². The zero-order chi connectivity index (χ0) is 14.4. The maximum absolute atomic E-state index is 5.97. The first kappa shape index (κ1) is 15.8. The monoisotopic (exact) mass is 294 g/mol. The van der Waals surface area contributed by atoms with Gasteiger partial charge in [-0.05, 0) is 30.5 Å². The number of piperazine rings is 1. The predicted molar refractivity (Wildman–Crippen MR) is 87.3 cm³/mol. The maximum Gasteiger partial charge on any atom is 0.0406 e. The Kier molecular flexibility index (Phi) is 6.34. The van der Waals surface area contributed by atoms with Gasteiger partial charge in [0.2, 0.25) is 0 Å². The van der Waals surface area contributed by atoms with Crippen LogP contribution in [0, 0.1) is 0 Å². The minimum Gasteiger partial charge on any atom is -0.311 e. The highest BCUT2D eigenvalue weighted by Crippen LogP contribution is 2.19. The molecule has 1 heterocycles. The van der Waals surface area contributed by atoms with Crippen LogP contribution in [0.5, 0.6) is 0 Å². The lowest BCUT2D eigenvalue weighted by Gasteiger charge is -2.40. The van der Waals surface area contributed by atoms with E-state index >= 15 is 0 Å². The van der Waals surface area contributed by atoms with Crippen LogP contribution in [0.25, 0.3) is 0 Å². The van der Waals surface area contributed by atoms with Crippen molar-refractivity contribution in [3.05, 3.63) is 34.9 Å². The summed E-state index contributed by atoms with van der Waals surface area (Å²) in [6.45, 7) is 7.89. The largest absolute Gasteiger partial charge is 0.311 e. The second-order valence-electron chi connectivity index (χ2n) is 5.89. The molecule has 1 aromatic rings. The number of nitrogens with zero attached hydrogens (tertiary/aromatic N) is 1. The zero-order valence-electron chi connectivity index (χ0n) is 12.7. The molecule has 0 radical (unpaired) electrons. The van der Waals surface area contributed by atoms with Crippen molar-refractivity contribution in [1.29, 1.82) is 0 Å². The van der Waals surface area contributed by atoms with Crippen LogP contribution in [-0.2, 0) is 6.54 Å². The molecule has 0 bridgehead atoms. The van der Waals surface area contributed by atoms with Crippen LogP contribution in [0.3, 0.4) is 0 Å². The number of hydrogen-bond donors (Lipinski definition) is 1. The van der Waals surface area contributed by atoms with E-state index in [9.17, 15) is 0 Å². The molecule has 1 N–H and O–H groups in total. The van der Waals surface area contributed by atoms with Gasteiger partial charge in [0.15, 0.2) is 0 Å². The number of hydrogen-bond acceptors (Lipinski definition) is 2. The average Bonchev–Trinajstić information content (AvgIpc) is 2.45. The van der Waals surface area contributed by atoms with Crippen LogP contribution < -0.4 is 5.32 Å². The first-order valence-electron chi connectivity index (χ1n) is 7.94. The van der Waals surface area contributed by atoms with Gasteiger partial charge in [-0.15, -0.1) is 0 Å². The third-order valence-electron chi connectivity index (χ3n) is 4.17.